The van der Waals surface area contributed by atoms with Crippen LogP contribution in [0, 0.1) is 5.82 Å². The van der Waals surface area contributed by atoms with E-state index in [0.29, 0.717) is 11.6 Å². The number of benzene rings is 3. The van der Waals surface area contributed by atoms with Gasteiger partial charge in [0.15, 0.2) is 0 Å². The minimum atomic E-state index is -0.421. The van der Waals surface area contributed by atoms with Crippen LogP contribution < -0.4 is 11.1 Å². The van der Waals surface area contributed by atoms with E-state index in [0.717, 1.165) is 36.1 Å². The highest BCUT2D eigenvalue weighted by atomic mass is 19.1. The number of hydrogen-bond donors (Lipinski definition) is 2. The average Bonchev–Trinajstić information content (AvgIpc) is 3.09. The lowest BCUT2D eigenvalue weighted by Gasteiger charge is -2.12. The average molecular weight is 360 g/mol. The fraction of sp³-hybridized carbons (Fsp3) is 0.174. The summed E-state index contributed by atoms with van der Waals surface area (Å²) in [4.78, 5) is 11.3. The molecule has 3 aromatic rings. The molecular formula is C23H21FN2O. The Morgan fingerprint density at radius 1 is 0.963 bits per heavy atom. The monoisotopic (exact) mass is 360 g/mol. The number of nitrogens with two attached hydrogens (primary N) is 1. The van der Waals surface area contributed by atoms with Crippen molar-refractivity contribution in [3.8, 4) is 11.1 Å². The zero-order valence-corrected chi connectivity index (χ0v) is 14.9. The van der Waals surface area contributed by atoms with Crippen molar-refractivity contribution in [2.45, 2.75) is 25.4 Å². The van der Waals surface area contributed by atoms with Crippen LogP contribution >= 0.6 is 0 Å². The number of carbonyl (C=O) groups is 1. The molecule has 0 aliphatic heterocycles. The summed E-state index contributed by atoms with van der Waals surface area (Å²) < 4.78 is 13.3. The SMILES string of the molecule is NC(=O)c1cccc(-c2ccc(CN[C@@H]3Cc4ccc(F)cc4C3)cc2)c1. The van der Waals surface area contributed by atoms with Gasteiger partial charge in [-0.05, 0) is 64.9 Å². The van der Waals surface area contributed by atoms with E-state index in [2.05, 4.69) is 29.6 Å². The van der Waals surface area contributed by atoms with Crippen LogP contribution in [0.4, 0.5) is 4.39 Å². The number of amides is 1. The van der Waals surface area contributed by atoms with Gasteiger partial charge in [0.25, 0.3) is 0 Å². The summed E-state index contributed by atoms with van der Waals surface area (Å²) in [7, 11) is 0. The number of rotatable bonds is 5. The molecule has 0 fully saturated rings. The second-order valence-electron chi connectivity index (χ2n) is 7.04. The maximum atomic E-state index is 13.3. The molecule has 0 aromatic heterocycles. The van der Waals surface area contributed by atoms with Gasteiger partial charge in [-0.1, -0.05) is 42.5 Å². The minimum Gasteiger partial charge on any atom is -0.366 e. The van der Waals surface area contributed by atoms with Crippen molar-refractivity contribution < 1.29 is 9.18 Å². The lowest BCUT2D eigenvalue weighted by Crippen LogP contribution is -2.28. The highest BCUT2D eigenvalue weighted by Crippen LogP contribution is 2.24. The van der Waals surface area contributed by atoms with Gasteiger partial charge in [0.1, 0.15) is 5.82 Å². The summed E-state index contributed by atoms with van der Waals surface area (Å²) in [5.41, 5.74) is 11.4. The van der Waals surface area contributed by atoms with Crippen LogP contribution in [-0.4, -0.2) is 11.9 Å². The van der Waals surface area contributed by atoms with Crippen LogP contribution in [0.1, 0.15) is 27.0 Å². The number of carbonyl (C=O) groups excluding carboxylic acids is 1. The van der Waals surface area contributed by atoms with Gasteiger partial charge in [-0.15, -0.1) is 0 Å². The van der Waals surface area contributed by atoms with Crippen molar-refractivity contribution in [3.05, 3.63) is 94.8 Å². The predicted octanol–water partition coefficient (Wildman–Crippen LogP) is 3.85. The van der Waals surface area contributed by atoms with Gasteiger partial charge in [0, 0.05) is 18.2 Å². The number of nitrogens with one attached hydrogen (secondary N) is 1. The van der Waals surface area contributed by atoms with E-state index in [-0.39, 0.29) is 5.82 Å². The molecule has 1 aliphatic rings. The van der Waals surface area contributed by atoms with Crippen LogP contribution in [0.15, 0.2) is 66.7 Å². The van der Waals surface area contributed by atoms with E-state index < -0.39 is 5.91 Å². The number of primary amides is 1. The molecule has 3 aromatic carbocycles. The lowest BCUT2D eigenvalue weighted by atomic mass is 10.0. The quantitative estimate of drug-likeness (QED) is 0.726. The Bertz CT molecular complexity index is 982. The van der Waals surface area contributed by atoms with E-state index in [1.54, 1.807) is 12.1 Å². The Morgan fingerprint density at radius 3 is 2.52 bits per heavy atom. The summed E-state index contributed by atoms with van der Waals surface area (Å²) >= 11 is 0. The fourth-order valence-electron chi connectivity index (χ4n) is 3.66. The summed E-state index contributed by atoms with van der Waals surface area (Å²) in [5, 5.41) is 3.56. The van der Waals surface area contributed by atoms with Crippen molar-refractivity contribution in [2.24, 2.45) is 5.73 Å². The van der Waals surface area contributed by atoms with Crippen molar-refractivity contribution in [3.63, 3.8) is 0 Å². The third kappa shape index (κ3) is 3.91. The first-order chi connectivity index (χ1) is 13.1. The van der Waals surface area contributed by atoms with Gasteiger partial charge in [0.2, 0.25) is 5.91 Å². The summed E-state index contributed by atoms with van der Waals surface area (Å²) in [6, 6.07) is 21.0. The Balaban J connectivity index is 1.39. The van der Waals surface area contributed by atoms with Gasteiger partial charge in [-0.25, -0.2) is 4.39 Å². The minimum absolute atomic E-state index is 0.162. The highest BCUT2D eigenvalue weighted by Gasteiger charge is 2.21. The van der Waals surface area contributed by atoms with E-state index in [9.17, 15) is 9.18 Å². The Kier molecular flexibility index (Phi) is 4.73. The molecule has 0 radical (unpaired) electrons. The van der Waals surface area contributed by atoms with Crippen molar-refractivity contribution >= 4 is 5.91 Å². The topological polar surface area (TPSA) is 55.1 Å². The molecule has 1 atom stereocenters. The largest absolute Gasteiger partial charge is 0.366 e. The summed E-state index contributed by atoms with van der Waals surface area (Å²) in [5.74, 6) is -0.583. The fourth-order valence-corrected chi connectivity index (χ4v) is 3.66. The molecule has 27 heavy (non-hydrogen) atoms. The first kappa shape index (κ1) is 17.4. The molecule has 0 bridgehead atoms. The van der Waals surface area contributed by atoms with Crippen LogP contribution in [0.25, 0.3) is 11.1 Å². The smallest absolute Gasteiger partial charge is 0.248 e. The van der Waals surface area contributed by atoms with Gasteiger partial charge in [-0.3, -0.25) is 4.79 Å². The Morgan fingerprint density at radius 2 is 1.74 bits per heavy atom. The molecule has 4 heteroatoms. The van der Waals surface area contributed by atoms with E-state index in [1.165, 1.54) is 17.2 Å². The van der Waals surface area contributed by atoms with Gasteiger partial charge in [-0.2, -0.15) is 0 Å². The van der Waals surface area contributed by atoms with E-state index in [4.69, 9.17) is 5.73 Å². The lowest BCUT2D eigenvalue weighted by molar-refractivity contribution is 0.100. The zero-order chi connectivity index (χ0) is 18.8. The maximum Gasteiger partial charge on any atom is 0.248 e. The maximum absolute atomic E-state index is 13.3. The standard InChI is InChI=1S/C23H21FN2O/c24-21-9-8-18-12-22(13-20(18)11-21)26-14-15-4-6-16(7-5-15)17-2-1-3-19(10-17)23(25)27/h1-11,22,26H,12-14H2,(H2,25,27)/t22-/m1/s1. The van der Waals surface area contributed by atoms with Crippen LogP contribution in [-0.2, 0) is 19.4 Å². The van der Waals surface area contributed by atoms with Crippen LogP contribution in [0.2, 0.25) is 0 Å². The molecule has 0 saturated carbocycles. The molecule has 0 heterocycles. The molecule has 0 spiro atoms. The molecule has 3 N–H and O–H groups in total. The third-order valence-corrected chi connectivity index (χ3v) is 5.13. The zero-order valence-electron chi connectivity index (χ0n) is 14.9. The van der Waals surface area contributed by atoms with Crippen LogP contribution in [0.5, 0.6) is 0 Å². The van der Waals surface area contributed by atoms with E-state index >= 15 is 0 Å². The molecule has 4 rings (SSSR count). The second-order valence-corrected chi connectivity index (χ2v) is 7.04. The van der Waals surface area contributed by atoms with Crippen molar-refractivity contribution in [2.75, 3.05) is 0 Å². The molecule has 1 amide bonds. The molecule has 0 saturated heterocycles. The normalized spacial score (nSPS) is 15.5. The van der Waals surface area contributed by atoms with Gasteiger partial charge in [0.05, 0.1) is 0 Å². The van der Waals surface area contributed by atoms with Crippen molar-refractivity contribution in [1.29, 1.82) is 0 Å². The summed E-state index contributed by atoms with van der Waals surface area (Å²) in [6.45, 7) is 0.767. The summed E-state index contributed by atoms with van der Waals surface area (Å²) in [6.07, 6.45) is 1.80. The number of fused-ring (bicyclic) bond motifs is 1. The number of halogens is 1. The van der Waals surface area contributed by atoms with E-state index in [1.807, 2.05) is 24.3 Å². The first-order valence-corrected chi connectivity index (χ1v) is 9.08. The van der Waals surface area contributed by atoms with Crippen molar-refractivity contribution in [1.82, 2.24) is 5.32 Å². The molecule has 1 aliphatic carbocycles. The van der Waals surface area contributed by atoms with Gasteiger partial charge < -0.3 is 11.1 Å². The first-order valence-electron chi connectivity index (χ1n) is 9.08. The molecule has 3 nitrogen and oxygen atoms in total. The highest BCUT2D eigenvalue weighted by molar-refractivity contribution is 5.94. The number of hydrogen-bond acceptors (Lipinski definition) is 2. The van der Waals surface area contributed by atoms with Gasteiger partial charge >= 0.3 is 0 Å². The third-order valence-electron chi connectivity index (χ3n) is 5.13. The molecule has 136 valence electrons. The Labute approximate surface area is 158 Å². The van der Waals surface area contributed by atoms with Crippen LogP contribution in [0.3, 0.4) is 0 Å². The Hall–Kier alpha value is -2.98. The molecular weight excluding hydrogens is 339 g/mol. The predicted molar refractivity (Wildman–Crippen MR) is 105 cm³/mol. The molecule has 0 unspecified atom stereocenters. The second kappa shape index (κ2) is 7.33.